The van der Waals surface area contributed by atoms with Crippen molar-refractivity contribution in [2.75, 3.05) is 19.0 Å². The molecule has 1 aromatic heterocycles. The number of H-pyrrole nitrogens is 1. The maximum atomic E-state index is 13.5. The number of fused-ring (bicyclic) bond motifs is 3. The van der Waals surface area contributed by atoms with Crippen LogP contribution in [0.3, 0.4) is 0 Å². The van der Waals surface area contributed by atoms with E-state index in [1.54, 1.807) is 7.11 Å². The SMILES string of the molecule is COc1ccc([C@H]2c3[nH]c4ccccc4c3CCN2C(=O)Nc2cc(C)ccc2C)cc1. The number of hydrogen-bond acceptors (Lipinski definition) is 2. The Hall–Kier alpha value is -3.73. The number of methoxy groups -OCH3 is 1. The van der Waals surface area contributed by atoms with Crippen molar-refractivity contribution >= 4 is 22.6 Å². The van der Waals surface area contributed by atoms with E-state index in [1.807, 2.05) is 61.2 Å². The van der Waals surface area contributed by atoms with Crippen molar-refractivity contribution in [2.45, 2.75) is 26.3 Å². The summed E-state index contributed by atoms with van der Waals surface area (Å²) in [6.45, 7) is 4.69. The van der Waals surface area contributed by atoms with Crippen LogP contribution in [0.25, 0.3) is 10.9 Å². The summed E-state index contributed by atoms with van der Waals surface area (Å²) in [5.41, 5.74) is 7.55. The highest BCUT2D eigenvalue weighted by molar-refractivity contribution is 5.92. The molecule has 0 saturated heterocycles. The van der Waals surface area contributed by atoms with Gasteiger partial charge in [-0.1, -0.05) is 42.5 Å². The van der Waals surface area contributed by atoms with Gasteiger partial charge >= 0.3 is 6.03 Å². The Labute approximate surface area is 188 Å². The van der Waals surface area contributed by atoms with Gasteiger partial charge in [0.05, 0.1) is 13.2 Å². The first kappa shape index (κ1) is 20.2. The summed E-state index contributed by atoms with van der Waals surface area (Å²) >= 11 is 0. The molecule has 2 N–H and O–H groups in total. The van der Waals surface area contributed by atoms with Crippen molar-refractivity contribution in [1.82, 2.24) is 9.88 Å². The lowest BCUT2D eigenvalue weighted by Crippen LogP contribution is -2.43. The van der Waals surface area contributed by atoms with Crippen LogP contribution < -0.4 is 10.1 Å². The molecule has 0 radical (unpaired) electrons. The summed E-state index contributed by atoms with van der Waals surface area (Å²) in [5.74, 6) is 0.799. The van der Waals surface area contributed by atoms with Gasteiger partial charge in [0.15, 0.2) is 0 Å². The van der Waals surface area contributed by atoms with Crippen molar-refractivity contribution in [3.8, 4) is 5.75 Å². The van der Waals surface area contributed by atoms with E-state index in [1.165, 1.54) is 10.9 Å². The minimum absolute atomic E-state index is 0.0937. The second-order valence-electron chi connectivity index (χ2n) is 8.43. The maximum absolute atomic E-state index is 13.5. The van der Waals surface area contributed by atoms with Crippen LogP contribution in [-0.4, -0.2) is 29.6 Å². The summed E-state index contributed by atoms with van der Waals surface area (Å²) in [4.78, 5) is 19.1. The lowest BCUT2D eigenvalue weighted by atomic mass is 9.92. The molecule has 32 heavy (non-hydrogen) atoms. The first-order chi connectivity index (χ1) is 15.5. The number of amides is 2. The zero-order chi connectivity index (χ0) is 22.2. The molecule has 0 unspecified atom stereocenters. The van der Waals surface area contributed by atoms with Crippen LogP contribution >= 0.6 is 0 Å². The highest BCUT2D eigenvalue weighted by Gasteiger charge is 2.34. The molecule has 2 heterocycles. The first-order valence-corrected chi connectivity index (χ1v) is 10.9. The van der Waals surface area contributed by atoms with Gasteiger partial charge in [0.25, 0.3) is 0 Å². The Morgan fingerprint density at radius 3 is 2.62 bits per heavy atom. The summed E-state index contributed by atoms with van der Waals surface area (Å²) in [7, 11) is 1.66. The van der Waals surface area contributed by atoms with E-state index < -0.39 is 0 Å². The minimum Gasteiger partial charge on any atom is -0.497 e. The Kier molecular flexibility index (Phi) is 5.10. The number of hydrogen-bond donors (Lipinski definition) is 2. The van der Waals surface area contributed by atoms with Gasteiger partial charge in [-0.25, -0.2) is 4.79 Å². The molecule has 5 nitrogen and oxygen atoms in total. The van der Waals surface area contributed by atoms with Crippen LogP contribution in [0, 0.1) is 13.8 Å². The van der Waals surface area contributed by atoms with Crippen LogP contribution in [0.4, 0.5) is 10.5 Å². The van der Waals surface area contributed by atoms with E-state index in [0.717, 1.165) is 45.8 Å². The van der Waals surface area contributed by atoms with E-state index >= 15 is 0 Å². The Bertz CT molecular complexity index is 1290. The van der Waals surface area contributed by atoms with E-state index in [0.29, 0.717) is 6.54 Å². The fraction of sp³-hybridized carbons (Fsp3) is 0.222. The van der Waals surface area contributed by atoms with Crippen molar-refractivity contribution in [3.05, 3.63) is 94.7 Å². The molecule has 1 atom stereocenters. The van der Waals surface area contributed by atoms with E-state index in [4.69, 9.17) is 4.74 Å². The fourth-order valence-electron chi connectivity index (χ4n) is 4.65. The standard InChI is InChI=1S/C27H27N3O2/c1-17-8-9-18(2)24(16-17)29-27(31)30-15-14-22-21-6-4-5-7-23(21)28-25(22)26(30)19-10-12-20(32-3)13-11-19/h4-13,16,26,28H,14-15H2,1-3H3,(H,29,31)/t26-/m0/s1. The van der Waals surface area contributed by atoms with E-state index in [9.17, 15) is 4.79 Å². The molecule has 0 spiro atoms. The number of anilines is 1. The second kappa shape index (κ2) is 8.08. The Morgan fingerprint density at radius 2 is 1.84 bits per heavy atom. The average Bonchev–Trinajstić information content (AvgIpc) is 3.19. The van der Waals surface area contributed by atoms with Gasteiger partial charge in [-0.05, 0) is 66.8 Å². The number of ether oxygens (including phenoxy) is 1. The van der Waals surface area contributed by atoms with Gasteiger partial charge in [-0.2, -0.15) is 0 Å². The monoisotopic (exact) mass is 425 g/mol. The predicted octanol–water partition coefficient (Wildman–Crippen LogP) is 5.97. The molecule has 3 aromatic carbocycles. The smallest absolute Gasteiger partial charge is 0.322 e. The number of carbonyl (C=O) groups excluding carboxylic acids is 1. The number of aryl methyl sites for hydroxylation is 2. The molecule has 0 aliphatic carbocycles. The van der Waals surface area contributed by atoms with Crippen LogP contribution in [0.5, 0.6) is 5.75 Å². The van der Waals surface area contributed by atoms with Gasteiger partial charge in [-0.3, -0.25) is 0 Å². The van der Waals surface area contributed by atoms with Crippen molar-refractivity contribution in [3.63, 3.8) is 0 Å². The van der Waals surface area contributed by atoms with E-state index in [2.05, 4.69) is 34.6 Å². The number of urea groups is 1. The van der Waals surface area contributed by atoms with Crippen molar-refractivity contribution in [2.24, 2.45) is 0 Å². The lowest BCUT2D eigenvalue weighted by Gasteiger charge is -2.36. The van der Waals surface area contributed by atoms with Crippen LogP contribution in [0.1, 0.15) is 34.0 Å². The third kappa shape index (κ3) is 3.50. The average molecular weight is 426 g/mol. The fourth-order valence-corrected chi connectivity index (χ4v) is 4.65. The summed E-state index contributed by atoms with van der Waals surface area (Å²) in [5, 5.41) is 4.39. The number of rotatable bonds is 3. The van der Waals surface area contributed by atoms with Crippen LogP contribution in [-0.2, 0) is 6.42 Å². The molecule has 1 aliphatic rings. The lowest BCUT2D eigenvalue weighted by molar-refractivity contribution is 0.193. The molecule has 0 fully saturated rings. The van der Waals surface area contributed by atoms with Gasteiger partial charge < -0.3 is 19.9 Å². The van der Waals surface area contributed by atoms with Gasteiger partial charge in [-0.15, -0.1) is 0 Å². The van der Waals surface area contributed by atoms with Crippen molar-refractivity contribution in [1.29, 1.82) is 0 Å². The maximum Gasteiger partial charge on any atom is 0.322 e. The Morgan fingerprint density at radius 1 is 1.06 bits per heavy atom. The summed E-state index contributed by atoms with van der Waals surface area (Å²) in [6, 6.07) is 22.2. The molecular weight excluding hydrogens is 398 g/mol. The number of aromatic nitrogens is 1. The number of nitrogens with one attached hydrogen (secondary N) is 2. The number of carbonyl (C=O) groups is 1. The van der Waals surface area contributed by atoms with Gasteiger partial charge in [0.2, 0.25) is 0 Å². The molecule has 0 bridgehead atoms. The molecule has 2 amide bonds. The summed E-state index contributed by atoms with van der Waals surface area (Å²) in [6.07, 6.45) is 0.812. The molecule has 1 aliphatic heterocycles. The minimum atomic E-state index is -0.206. The predicted molar refractivity (Wildman–Crippen MR) is 128 cm³/mol. The zero-order valence-corrected chi connectivity index (χ0v) is 18.6. The first-order valence-electron chi connectivity index (χ1n) is 10.9. The van der Waals surface area contributed by atoms with Crippen LogP contribution in [0.15, 0.2) is 66.7 Å². The summed E-state index contributed by atoms with van der Waals surface area (Å²) < 4.78 is 5.35. The molecule has 5 rings (SSSR count). The second-order valence-corrected chi connectivity index (χ2v) is 8.43. The molecular formula is C27H27N3O2. The third-order valence-electron chi connectivity index (χ3n) is 6.36. The number of benzene rings is 3. The normalized spacial score (nSPS) is 15.5. The Balaban J connectivity index is 1.57. The van der Waals surface area contributed by atoms with Crippen LogP contribution in [0.2, 0.25) is 0 Å². The van der Waals surface area contributed by atoms with Gasteiger partial charge in [0.1, 0.15) is 5.75 Å². The molecule has 162 valence electrons. The topological polar surface area (TPSA) is 57.4 Å². The number of nitrogens with zero attached hydrogens (tertiary/aromatic N) is 1. The molecule has 4 aromatic rings. The quantitative estimate of drug-likeness (QED) is 0.425. The van der Waals surface area contributed by atoms with Crippen molar-refractivity contribution < 1.29 is 9.53 Å². The van der Waals surface area contributed by atoms with E-state index in [-0.39, 0.29) is 12.1 Å². The zero-order valence-electron chi connectivity index (χ0n) is 18.6. The highest BCUT2D eigenvalue weighted by atomic mass is 16.5. The number of aromatic amines is 1. The largest absolute Gasteiger partial charge is 0.497 e. The molecule has 0 saturated carbocycles. The van der Waals surface area contributed by atoms with Gasteiger partial charge in [0, 0.05) is 28.8 Å². The number of para-hydroxylation sites is 1. The highest BCUT2D eigenvalue weighted by Crippen LogP contribution is 2.39. The third-order valence-corrected chi connectivity index (χ3v) is 6.36. The molecule has 5 heteroatoms.